The van der Waals surface area contributed by atoms with Crippen LogP contribution in [-0.4, -0.2) is 20.4 Å². The van der Waals surface area contributed by atoms with Crippen molar-refractivity contribution in [3.05, 3.63) is 49.9 Å². The number of aryl methyl sites for hydroxylation is 2. The van der Waals surface area contributed by atoms with Crippen LogP contribution < -0.4 is 10.9 Å². The van der Waals surface area contributed by atoms with Gasteiger partial charge in [0.25, 0.3) is 5.56 Å². The molecule has 140 valence electrons. The maximum Gasteiger partial charge on any atom is 0.261 e. The number of fused-ring (bicyclic) bond motifs is 2. The van der Waals surface area contributed by atoms with E-state index in [0.717, 1.165) is 29.4 Å². The molecule has 2 heterocycles. The molecular formula is C19H19BrN4O2S. The van der Waals surface area contributed by atoms with Crippen LogP contribution in [0.5, 0.6) is 0 Å². The van der Waals surface area contributed by atoms with Crippen LogP contribution in [0.2, 0.25) is 0 Å². The highest BCUT2D eigenvalue weighted by Gasteiger charge is 2.20. The van der Waals surface area contributed by atoms with E-state index in [9.17, 15) is 9.59 Å². The fourth-order valence-electron chi connectivity index (χ4n) is 3.29. The zero-order valence-electron chi connectivity index (χ0n) is 14.9. The smallest absolute Gasteiger partial charge is 0.261 e. The van der Waals surface area contributed by atoms with Gasteiger partial charge in [-0.2, -0.15) is 0 Å². The second-order valence-electron chi connectivity index (χ2n) is 6.94. The van der Waals surface area contributed by atoms with Crippen molar-refractivity contribution in [3.63, 3.8) is 0 Å². The third-order valence-electron chi connectivity index (χ3n) is 4.80. The average molecular weight is 447 g/mol. The van der Waals surface area contributed by atoms with Crippen LogP contribution in [0, 0.1) is 5.92 Å². The van der Waals surface area contributed by atoms with E-state index in [1.54, 1.807) is 23.5 Å². The van der Waals surface area contributed by atoms with Crippen LogP contribution in [-0.2, 0) is 24.2 Å². The number of benzene rings is 1. The van der Waals surface area contributed by atoms with Crippen molar-refractivity contribution in [2.45, 2.75) is 39.2 Å². The third-order valence-corrected chi connectivity index (χ3v) is 6.33. The van der Waals surface area contributed by atoms with Gasteiger partial charge in [0.15, 0.2) is 5.13 Å². The number of halogens is 1. The van der Waals surface area contributed by atoms with Crippen LogP contribution in [0.1, 0.15) is 30.3 Å². The lowest BCUT2D eigenvalue weighted by atomic mass is 9.93. The summed E-state index contributed by atoms with van der Waals surface area (Å²) in [6.45, 7) is 2.52. The molecule has 2 aromatic heterocycles. The van der Waals surface area contributed by atoms with Crippen molar-refractivity contribution in [1.82, 2.24) is 14.5 Å². The Morgan fingerprint density at radius 1 is 1.44 bits per heavy atom. The van der Waals surface area contributed by atoms with Crippen LogP contribution >= 0.6 is 27.3 Å². The minimum Gasteiger partial charge on any atom is -0.302 e. The molecule has 3 aromatic rings. The highest BCUT2D eigenvalue weighted by Crippen LogP contribution is 2.32. The van der Waals surface area contributed by atoms with E-state index in [4.69, 9.17) is 0 Å². The molecule has 0 bridgehead atoms. The predicted molar refractivity (Wildman–Crippen MR) is 110 cm³/mol. The standard InChI is InChI=1S/C19H19BrN4O2S/c1-11-2-4-15-16(8-11)27-19(22-15)23-17(25)6-7-24-10-21-14-5-3-12(20)9-13(14)18(24)26/h3,5,9-11H,2,4,6-8H2,1H3,(H,22,23,25). The molecule has 1 unspecified atom stereocenters. The van der Waals surface area contributed by atoms with Gasteiger partial charge in [0.2, 0.25) is 5.91 Å². The number of hydrogen-bond donors (Lipinski definition) is 1. The Morgan fingerprint density at radius 2 is 2.30 bits per heavy atom. The van der Waals surface area contributed by atoms with Crippen molar-refractivity contribution in [2.75, 3.05) is 5.32 Å². The number of anilines is 1. The summed E-state index contributed by atoms with van der Waals surface area (Å²) >= 11 is 4.94. The van der Waals surface area contributed by atoms with E-state index < -0.39 is 0 Å². The van der Waals surface area contributed by atoms with Gasteiger partial charge in [-0.3, -0.25) is 14.2 Å². The summed E-state index contributed by atoms with van der Waals surface area (Å²) in [7, 11) is 0. The predicted octanol–water partition coefficient (Wildman–Crippen LogP) is 3.77. The fraction of sp³-hybridized carbons (Fsp3) is 0.368. The summed E-state index contributed by atoms with van der Waals surface area (Å²) in [5.41, 5.74) is 1.62. The van der Waals surface area contributed by atoms with Gasteiger partial charge >= 0.3 is 0 Å². The number of carbonyl (C=O) groups excluding carboxylic acids is 1. The molecule has 0 radical (unpaired) electrons. The molecule has 0 saturated heterocycles. The lowest BCUT2D eigenvalue weighted by molar-refractivity contribution is -0.116. The third kappa shape index (κ3) is 3.96. The van der Waals surface area contributed by atoms with Crippen LogP contribution in [0.3, 0.4) is 0 Å². The van der Waals surface area contributed by atoms with E-state index >= 15 is 0 Å². The first kappa shape index (κ1) is 18.3. The fourth-order valence-corrected chi connectivity index (χ4v) is 4.84. The molecule has 27 heavy (non-hydrogen) atoms. The molecule has 1 aliphatic carbocycles. The van der Waals surface area contributed by atoms with Gasteiger partial charge in [0, 0.05) is 22.3 Å². The molecule has 1 atom stereocenters. The van der Waals surface area contributed by atoms with Gasteiger partial charge in [-0.1, -0.05) is 22.9 Å². The lowest BCUT2D eigenvalue weighted by Crippen LogP contribution is -2.23. The summed E-state index contributed by atoms with van der Waals surface area (Å²) in [4.78, 5) is 35.0. The van der Waals surface area contributed by atoms with Crippen LogP contribution in [0.4, 0.5) is 5.13 Å². The van der Waals surface area contributed by atoms with E-state index in [1.807, 2.05) is 6.07 Å². The second kappa shape index (κ2) is 7.52. The Kier molecular flexibility index (Phi) is 5.10. The van der Waals surface area contributed by atoms with Gasteiger partial charge in [0.1, 0.15) is 0 Å². The first-order valence-electron chi connectivity index (χ1n) is 8.93. The lowest BCUT2D eigenvalue weighted by Gasteiger charge is -2.15. The highest BCUT2D eigenvalue weighted by molar-refractivity contribution is 9.10. The average Bonchev–Trinajstić information content (AvgIpc) is 3.02. The molecule has 0 aliphatic heterocycles. The number of aromatic nitrogens is 3. The Balaban J connectivity index is 1.43. The first-order valence-corrected chi connectivity index (χ1v) is 10.5. The SMILES string of the molecule is CC1CCc2nc(NC(=O)CCn3cnc4ccc(Br)cc4c3=O)sc2C1. The van der Waals surface area contributed by atoms with Gasteiger partial charge in [-0.15, -0.1) is 11.3 Å². The molecule has 1 aromatic carbocycles. The second-order valence-corrected chi connectivity index (χ2v) is 8.94. The monoisotopic (exact) mass is 446 g/mol. The molecule has 1 N–H and O–H groups in total. The van der Waals surface area contributed by atoms with E-state index in [2.05, 4.69) is 38.1 Å². The number of thiazole rings is 1. The Labute approximate surface area is 168 Å². The quantitative estimate of drug-likeness (QED) is 0.661. The van der Waals surface area contributed by atoms with Crippen LogP contribution in [0.25, 0.3) is 10.9 Å². The van der Waals surface area contributed by atoms with Crippen molar-refractivity contribution < 1.29 is 4.79 Å². The largest absolute Gasteiger partial charge is 0.302 e. The summed E-state index contributed by atoms with van der Waals surface area (Å²) in [5.74, 6) is 0.532. The topological polar surface area (TPSA) is 76.9 Å². The van der Waals surface area contributed by atoms with Crippen molar-refractivity contribution in [1.29, 1.82) is 0 Å². The number of amides is 1. The van der Waals surface area contributed by atoms with Crippen molar-refractivity contribution >= 4 is 49.2 Å². The molecule has 1 aliphatic rings. The normalized spacial score (nSPS) is 16.3. The summed E-state index contributed by atoms with van der Waals surface area (Å²) < 4.78 is 2.30. The Morgan fingerprint density at radius 3 is 3.15 bits per heavy atom. The van der Waals surface area contributed by atoms with Crippen molar-refractivity contribution in [3.8, 4) is 0 Å². The zero-order chi connectivity index (χ0) is 19.0. The minimum atomic E-state index is -0.146. The molecule has 1 amide bonds. The Bertz CT molecular complexity index is 1080. The van der Waals surface area contributed by atoms with Crippen LogP contribution in [0.15, 0.2) is 33.8 Å². The van der Waals surface area contributed by atoms with Gasteiger partial charge < -0.3 is 5.32 Å². The molecular weight excluding hydrogens is 428 g/mol. The molecule has 6 nitrogen and oxygen atoms in total. The minimum absolute atomic E-state index is 0.143. The maximum atomic E-state index is 12.6. The van der Waals surface area contributed by atoms with E-state index in [-0.39, 0.29) is 24.4 Å². The number of rotatable bonds is 4. The van der Waals surface area contributed by atoms with E-state index in [0.29, 0.717) is 22.0 Å². The molecule has 0 fully saturated rings. The van der Waals surface area contributed by atoms with Gasteiger partial charge in [0.05, 0.1) is 22.9 Å². The summed E-state index contributed by atoms with van der Waals surface area (Å²) in [6, 6.07) is 5.40. The Hall–Kier alpha value is -2.06. The first-order chi connectivity index (χ1) is 13.0. The number of carbonyl (C=O) groups is 1. The highest BCUT2D eigenvalue weighted by atomic mass is 79.9. The molecule has 0 spiro atoms. The van der Waals surface area contributed by atoms with Gasteiger partial charge in [-0.25, -0.2) is 9.97 Å². The van der Waals surface area contributed by atoms with E-state index in [1.165, 1.54) is 15.8 Å². The number of nitrogens with one attached hydrogen (secondary N) is 1. The number of hydrogen-bond acceptors (Lipinski definition) is 5. The summed E-state index contributed by atoms with van der Waals surface area (Å²) in [6.07, 6.45) is 4.86. The maximum absolute atomic E-state index is 12.6. The zero-order valence-corrected chi connectivity index (χ0v) is 17.3. The summed E-state index contributed by atoms with van der Waals surface area (Å²) in [5, 5.41) is 4.07. The molecule has 4 rings (SSSR count). The molecule has 8 heteroatoms. The number of nitrogens with zero attached hydrogens (tertiary/aromatic N) is 3. The van der Waals surface area contributed by atoms with Crippen molar-refractivity contribution in [2.24, 2.45) is 5.92 Å². The van der Waals surface area contributed by atoms with Gasteiger partial charge in [-0.05, 0) is 43.4 Å². The molecule has 0 saturated carbocycles.